The summed E-state index contributed by atoms with van der Waals surface area (Å²) in [5.41, 5.74) is -0.616. The number of nitrogens with zero attached hydrogens (tertiary/aromatic N) is 2. The highest BCUT2D eigenvalue weighted by Crippen LogP contribution is 2.33. The molecule has 2 rings (SSSR count). The van der Waals surface area contributed by atoms with Crippen LogP contribution in [0.2, 0.25) is 5.15 Å². The van der Waals surface area contributed by atoms with Crippen LogP contribution in [0.5, 0.6) is 0 Å². The lowest BCUT2D eigenvalue weighted by Crippen LogP contribution is -2.40. The molecule has 0 spiro atoms. The fourth-order valence-electron chi connectivity index (χ4n) is 2.77. The third-order valence-electron chi connectivity index (χ3n) is 4.27. The zero-order valence-electron chi connectivity index (χ0n) is 12.3. The van der Waals surface area contributed by atoms with E-state index in [1.165, 1.54) is 6.42 Å². The Morgan fingerprint density at radius 1 is 1.35 bits per heavy atom. The number of aryl methyl sites for hydroxylation is 1. The Hall–Kier alpha value is -0.870. The molecule has 0 saturated heterocycles. The highest BCUT2D eigenvalue weighted by Gasteiger charge is 2.32. The second-order valence-corrected chi connectivity index (χ2v) is 6.16. The SMILES string of the molecule is CCc1nc(Cl)cc(NCC2(O)CCC(CC)CC2)n1. The minimum atomic E-state index is -0.616. The molecule has 1 heterocycles. The summed E-state index contributed by atoms with van der Waals surface area (Å²) < 4.78 is 0. The standard InChI is InChI=1S/C15H24ClN3O/c1-3-11-5-7-15(20,8-6-11)10-17-14-9-12(16)18-13(4-2)19-14/h9,11,20H,3-8,10H2,1-2H3,(H,17,18,19). The summed E-state index contributed by atoms with van der Waals surface area (Å²) >= 11 is 5.97. The molecule has 0 aromatic carbocycles. The number of anilines is 1. The summed E-state index contributed by atoms with van der Waals surface area (Å²) in [4.78, 5) is 8.52. The number of aromatic nitrogens is 2. The van der Waals surface area contributed by atoms with Crippen molar-refractivity contribution in [3.8, 4) is 0 Å². The topological polar surface area (TPSA) is 58.0 Å². The van der Waals surface area contributed by atoms with E-state index in [2.05, 4.69) is 22.2 Å². The number of hydrogen-bond donors (Lipinski definition) is 2. The van der Waals surface area contributed by atoms with Gasteiger partial charge in [0.1, 0.15) is 16.8 Å². The van der Waals surface area contributed by atoms with Gasteiger partial charge in [0.25, 0.3) is 0 Å². The molecule has 112 valence electrons. The predicted molar refractivity (Wildman–Crippen MR) is 82.1 cm³/mol. The first kappa shape index (κ1) is 15.5. The van der Waals surface area contributed by atoms with Crippen molar-refractivity contribution in [2.45, 2.75) is 58.0 Å². The molecule has 1 aliphatic carbocycles. The Morgan fingerprint density at radius 3 is 2.65 bits per heavy atom. The van der Waals surface area contributed by atoms with Crippen LogP contribution in [0.4, 0.5) is 5.82 Å². The van der Waals surface area contributed by atoms with Crippen LogP contribution in [-0.4, -0.2) is 27.2 Å². The van der Waals surface area contributed by atoms with Gasteiger partial charge in [-0.15, -0.1) is 0 Å². The van der Waals surface area contributed by atoms with E-state index >= 15 is 0 Å². The maximum Gasteiger partial charge on any atom is 0.134 e. The Labute approximate surface area is 126 Å². The van der Waals surface area contributed by atoms with Crippen LogP contribution in [0, 0.1) is 5.92 Å². The van der Waals surface area contributed by atoms with E-state index < -0.39 is 5.60 Å². The molecule has 4 nitrogen and oxygen atoms in total. The second-order valence-electron chi connectivity index (χ2n) is 5.78. The first-order chi connectivity index (χ1) is 9.54. The monoisotopic (exact) mass is 297 g/mol. The lowest BCUT2D eigenvalue weighted by Gasteiger charge is -2.36. The van der Waals surface area contributed by atoms with Gasteiger partial charge in [0, 0.05) is 19.0 Å². The van der Waals surface area contributed by atoms with Crippen molar-refractivity contribution < 1.29 is 5.11 Å². The molecule has 20 heavy (non-hydrogen) atoms. The van der Waals surface area contributed by atoms with Gasteiger partial charge >= 0.3 is 0 Å². The van der Waals surface area contributed by atoms with Gasteiger partial charge in [-0.3, -0.25) is 0 Å². The molecule has 1 aromatic heterocycles. The molecule has 1 aromatic rings. The van der Waals surface area contributed by atoms with Gasteiger partial charge in [-0.2, -0.15) is 0 Å². The first-order valence-corrected chi connectivity index (χ1v) is 7.92. The average molecular weight is 298 g/mol. The highest BCUT2D eigenvalue weighted by atomic mass is 35.5. The lowest BCUT2D eigenvalue weighted by molar-refractivity contribution is 0.00222. The average Bonchev–Trinajstić information content (AvgIpc) is 2.45. The summed E-state index contributed by atoms with van der Waals surface area (Å²) in [7, 11) is 0. The van der Waals surface area contributed by atoms with Crippen LogP contribution >= 0.6 is 11.6 Å². The lowest BCUT2D eigenvalue weighted by atomic mass is 9.78. The van der Waals surface area contributed by atoms with Crippen LogP contribution in [0.3, 0.4) is 0 Å². The third-order valence-corrected chi connectivity index (χ3v) is 4.46. The summed E-state index contributed by atoms with van der Waals surface area (Å²) in [6.45, 7) is 4.75. The second kappa shape index (κ2) is 6.72. The summed E-state index contributed by atoms with van der Waals surface area (Å²) in [6.07, 6.45) is 5.90. The van der Waals surface area contributed by atoms with Crippen molar-refractivity contribution in [2.24, 2.45) is 5.92 Å². The van der Waals surface area contributed by atoms with E-state index in [9.17, 15) is 5.11 Å². The van der Waals surface area contributed by atoms with Crippen LogP contribution in [0.25, 0.3) is 0 Å². The van der Waals surface area contributed by atoms with Crippen molar-refractivity contribution >= 4 is 17.4 Å². The van der Waals surface area contributed by atoms with E-state index in [0.717, 1.165) is 43.8 Å². The molecule has 1 fully saturated rings. The van der Waals surface area contributed by atoms with E-state index in [1.54, 1.807) is 6.07 Å². The van der Waals surface area contributed by atoms with Crippen LogP contribution in [0.15, 0.2) is 6.07 Å². The quantitative estimate of drug-likeness (QED) is 0.818. The number of halogens is 1. The van der Waals surface area contributed by atoms with Crippen molar-refractivity contribution in [3.63, 3.8) is 0 Å². The number of rotatable bonds is 5. The largest absolute Gasteiger partial charge is 0.388 e. The fourth-order valence-corrected chi connectivity index (χ4v) is 2.97. The van der Waals surface area contributed by atoms with Crippen LogP contribution < -0.4 is 5.32 Å². The minimum absolute atomic E-state index is 0.445. The van der Waals surface area contributed by atoms with E-state index in [0.29, 0.717) is 17.5 Å². The Morgan fingerprint density at radius 2 is 2.05 bits per heavy atom. The molecule has 1 saturated carbocycles. The van der Waals surface area contributed by atoms with Crippen molar-refractivity contribution in [3.05, 3.63) is 17.0 Å². The predicted octanol–water partition coefficient (Wildman–Crippen LogP) is 3.44. The summed E-state index contributed by atoms with van der Waals surface area (Å²) in [5.74, 6) is 2.20. The Balaban J connectivity index is 1.93. The van der Waals surface area contributed by atoms with E-state index in [4.69, 9.17) is 11.6 Å². The Bertz CT molecular complexity index is 445. The molecule has 2 N–H and O–H groups in total. The van der Waals surface area contributed by atoms with Gasteiger partial charge in [-0.1, -0.05) is 31.9 Å². The Kier molecular flexibility index (Phi) is 5.22. The molecular formula is C15H24ClN3O. The molecule has 5 heteroatoms. The van der Waals surface area contributed by atoms with Crippen LogP contribution in [0.1, 0.15) is 51.8 Å². The molecule has 0 aliphatic heterocycles. The van der Waals surface area contributed by atoms with Gasteiger partial charge < -0.3 is 10.4 Å². The number of nitrogens with one attached hydrogen (secondary N) is 1. The zero-order chi connectivity index (χ0) is 14.6. The molecule has 0 radical (unpaired) electrons. The third kappa shape index (κ3) is 4.06. The van der Waals surface area contributed by atoms with Crippen molar-refractivity contribution in [2.75, 3.05) is 11.9 Å². The molecular weight excluding hydrogens is 274 g/mol. The first-order valence-electron chi connectivity index (χ1n) is 7.54. The normalized spacial score (nSPS) is 26.5. The minimum Gasteiger partial charge on any atom is -0.388 e. The molecule has 0 amide bonds. The summed E-state index contributed by atoms with van der Waals surface area (Å²) in [6, 6.07) is 1.71. The van der Waals surface area contributed by atoms with Crippen LogP contribution in [-0.2, 0) is 6.42 Å². The van der Waals surface area contributed by atoms with Gasteiger partial charge in [-0.05, 0) is 31.6 Å². The van der Waals surface area contributed by atoms with Gasteiger partial charge in [-0.25, -0.2) is 9.97 Å². The molecule has 0 bridgehead atoms. The van der Waals surface area contributed by atoms with E-state index in [1.807, 2.05) is 6.92 Å². The fraction of sp³-hybridized carbons (Fsp3) is 0.733. The van der Waals surface area contributed by atoms with E-state index in [-0.39, 0.29) is 0 Å². The molecule has 0 atom stereocenters. The number of aliphatic hydroxyl groups is 1. The maximum absolute atomic E-state index is 10.6. The molecule has 0 unspecified atom stereocenters. The zero-order valence-corrected chi connectivity index (χ0v) is 13.1. The smallest absolute Gasteiger partial charge is 0.134 e. The van der Waals surface area contributed by atoms with Gasteiger partial charge in [0.05, 0.1) is 5.60 Å². The van der Waals surface area contributed by atoms with Crippen molar-refractivity contribution in [1.82, 2.24) is 9.97 Å². The summed E-state index contributed by atoms with van der Waals surface area (Å²) in [5, 5.41) is 14.3. The number of hydrogen-bond acceptors (Lipinski definition) is 4. The maximum atomic E-state index is 10.6. The molecule has 1 aliphatic rings. The highest BCUT2D eigenvalue weighted by molar-refractivity contribution is 6.29. The van der Waals surface area contributed by atoms with Gasteiger partial charge in [0.2, 0.25) is 0 Å². The van der Waals surface area contributed by atoms with Crippen molar-refractivity contribution in [1.29, 1.82) is 0 Å². The van der Waals surface area contributed by atoms with Gasteiger partial charge in [0.15, 0.2) is 0 Å².